The van der Waals surface area contributed by atoms with Gasteiger partial charge < -0.3 is 0 Å². The van der Waals surface area contributed by atoms with Gasteiger partial charge in [0.05, 0.1) is 0 Å². The molecular weight excluding hydrogens is 1240 g/mol. The van der Waals surface area contributed by atoms with Gasteiger partial charge in [-0.3, -0.25) is 0 Å². The molecule has 12 rings (SSSR count). The highest BCUT2D eigenvalue weighted by molar-refractivity contribution is 5.91. The average molecular weight is 1300 g/mol. The van der Waals surface area contributed by atoms with Gasteiger partial charge in [0.15, 0.2) is 69.8 Å². The summed E-state index contributed by atoms with van der Waals surface area (Å²) in [5.41, 5.74) is 6.95. The summed E-state index contributed by atoms with van der Waals surface area (Å²) in [7, 11) is 0. The summed E-state index contributed by atoms with van der Waals surface area (Å²) in [6, 6.07) is 40.7. The molecule has 0 aliphatic carbocycles. The lowest BCUT2D eigenvalue weighted by atomic mass is 9.98. The molecule has 0 bridgehead atoms. The van der Waals surface area contributed by atoms with Gasteiger partial charge in [-0.1, -0.05) is 150 Å². The summed E-state index contributed by atoms with van der Waals surface area (Å²) in [6.45, 7) is 8.11. The lowest BCUT2D eigenvalue weighted by Gasteiger charge is -2.09. The Bertz CT molecular complexity index is 4770. The van der Waals surface area contributed by atoms with Crippen molar-refractivity contribution in [3.8, 4) is 44.5 Å². The molecule has 0 spiro atoms. The Balaban J connectivity index is 0.000000148. The summed E-state index contributed by atoms with van der Waals surface area (Å²) in [5.74, 6) is -17.5. The molecule has 94 heavy (non-hydrogen) atoms. The standard InChI is InChI=1S/C21H18F4.C20H16F4.C19H14F4.C18H12F4/c1-2-3-4-5-13-6-8-16(18(22)10-13)14-7-9-17-15(11-14)12-19(23)21(25)20(17)24;1-2-3-4-12-5-7-15(17(21)9-12)13-6-8-16-14(10-13)11-18(22)20(24)19(16)23;1-2-3-11-4-6-14(16(20)8-11)12-5-7-15-13(9-12)10-17(21)19(23)18(15)22;1-2-10-3-5-13(15(19)7-10)11-4-6-14-12(8-11)9-16(20)18(22)17(14)21/h6-12H,2-5H2,1H3;5-11H,2-4H2,1H3;4-10H,2-3H2,1H3;3-9H,2H2,1H3. The fourth-order valence-corrected chi connectivity index (χ4v) is 11.0. The van der Waals surface area contributed by atoms with Gasteiger partial charge in [0, 0.05) is 43.8 Å². The van der Waals surface area contributed by atoms with E-state index in [1.54, 1.807) is 30.3 Å². The number of benzene rings is 12. The lowest BCUT2D eigenvalue weighted by Crippen LogP contribution is -1.94. The Morgan fingerprint density at radius 3 is 0.745 bits per heavy atom. The third kappa shape index (κ3) is 15.4. The van der Waals surface area contributed by atoms with Crippen LogP contribution in [0.3, 0.4) is 0 Å². The predicted octanol–water partition coefficient (Wildman–Crippen LogP) is 24.8. The van der Waals surface area contributed by atoms with Crippen LogP contribution in [0.25, 0.3) is 87.6 Å². The van der Waals surface area contributed by atoms with E-state index in [2.05, 4.69) is 13.8 Å². The summed E-state index contributed by atoms with van der Waals surface area (Å²) in [5, 5.41) is 0.642. The van der Waals surface area contributed by atoms with Crippen LogP contribution in [0.5, 0.6) is 0 Å². The van der Waals surface area contributed by atoms with Crippen molar-refractivity contribution >= 4 is 43.1 Å². The van der Waals surface area contributed by atoms with Crippen LogP contribution >= 0.6 is 0 Å². The molecule has 0 atom stereocenters. The molecule has 0 aliphatic rings. The first-order valence-electron chi connectivity index (χ1n) is 30.5. The van der Waals surface area contributed by atoms with Crippen molar-refractivity contribution in [1.82, 2.24) is 0 Å². The molecule has 12 aromatic carbocycles. The van der Waals surface area contributed by atoms with E-state index in [1.165, 1.54) is 97.1 Å². The van der Waals surface area contributed by atoms with E-state index < -0.39 is 81.4 Å². The highest BCUT2D eigenvalue weighted by atomic mass is 19.2. The first kappa shape index (κ1) is 68.9. The fraction of sp³-hybridized carbons (Fsp3) is 0.179. The molecule has 0 saturated carbocycles. The van der Waals surface area contributed by atoms with E-state index in [4.69, 9.17) is 0 Å². The zero-order chi connectivity index (χ0) is 67.7. The van der Waals surface area contributed by atoms with Crippen LogP contribution in [0.2, 0.25) is 0 Å². The predicted molar refractivity (Wildman–Crippen MR) is 342 cm³/mol. The first-order valence-corrected chi connectivity index (χ1v) is 30.5. The molecule has 0 amide bonds. The highest BCUT2D eigenvalue weighted by Crippen LogP contribution is 2.36. The molecule has 0 aliphatic heterocycles. The van der Waals surface area contributed by atoms with E-state index in [0.717, 1.165) is 104 Å². The molecular formula is C78H60F16. The lowest BCUT2D eigenvalue weighted by molar-refractivity contribution is 0.453. The Kier molecular flexibility index (Phi) is 22.4. The average Bonchev–Trinajstić information content (AvgIpc) is 0.850. The van der Waals surface area contributed by atoms with Crippen LogP contribution in [0.4, 0.5) is 70.2 Å². The van der Waals surface area contributed by atoms with Crippen LogP contribution in [-0.4, -0.2) is 0 Å². The monoisotopic (exact) mass is 1300 g/mol. The van der Waals surface area contributed by atoms with E-state index in [9.17, 15) is 70.2 Å². The van der Waals surface area contributed by atoms with Crippen molar-refractivity contribution < 1.29 is 70.2 Å². The molecule has 0 saturated heterocycles. The second kappa shape index (κ2) is 30.5. The van der Waals surface area contributed by atoms with Crippen molar-refractivity contribution in [2.24, 2.45) is 0 Å². The van der Waals surface area contributed by atoms with Crippen LogP contribution in [0, 0.1) is 93.1 Å². The number of aryl methyl sites for hydroxylation is 4. The minimum absolute atomic E-state index is 0.0285. The number of rotatable bonds is 14. The van der Waals surface area contributed by atoms with Gasteiger partial charge in [-0.2, -0.15) is 0 Å². The maximum absolute atomic E-state index is 14.5. The van der Waals surface area contributed by atoms with Gasteiger partial charge in [-0.25, -0.2) is 70.2 Å². The number of halogens is 16. The topological polar surface area (TPSA) is 0 Å². The normalized spacial score (nSPS) is 11.2. The second-order valence-corrected chi connectivity index (χ2v) is 22.6. The minimum Gasteiger partial charge on any atom is -0.206 e. The van der Waals surface area contributed by atoms with Crippen molar-refractivity contribution in [3.05, 3.63) is 285 Å². The third-order valence-electron chi connectivity index (χ3n) is 16.1. The maximum Gasteiger partial charge on any atom is 0.195 e. The maximum atomic E-state index is 14.5. The number of unbranched alkanes of at least 4 members (excludes halogenated alkanes) is 3. The molecule has 0 unspecified atom stereocenters. The number of fused-ring (bicyclic) bond motifs is 4. The third-order valence-corrected chi connectivity index (χ3v) is 16.1. The Labute approximate surface area is 532 Å². The molecule has 0 heterocycles. The SMILES string of the molecule is CCCCCc1ccc(-c2ccc3c(F)c(F)c(F)cc3c2)c(F)c1.CCCCc1ccc(-c2ccc3c(F)c(F)c(F)cc3c2)c(F)c1.CCCc1ccc(-c2ccc3c(F)c(F)c(F)cc3c2)c(F)c1.CCc1ccc(-c2ccc3c(F)c(F)c(F)cc3c2)c(F)c1. The second-order valence-electron chi connectivity index (χ2n) is 22.6. The Morgan fingerprint density at radius 2 is 0.479 bits per heavy atom. The van der Waals surface area contributed by atoms with E-state index in [0.29, 0.717) is 50.9 Å². The van der Waals surface area contributed by atoms with Crippen LogP contribution in [-0.2, 0) is 25.7 Å². The van der Waals surface area contributed by atoms with Crippen molar-refractivity contribution in [1.29, 1.82) is 0 Å². The molecule has 0 aromatic heterocycles. The van der Waals surface area contributed by atoms with Crippen LogP contribution < -0.4 is 0 Å². The van der Waals surface area contributed by atoms with Gasteiger partial charge in [-0.05, 0) is 177 Å². The summed E-state index contributed by atoms with van der Waals surface area (Å²) < 4.78 is 219. The van der Waals surface area contributed by atoms with Crippen LogP contribution in [0.15, 0.2) is 170 Å². The molecule has 0 nitrogen and oxygen atoms in total. The highest BCUT2D eigenvalue weighted by Gasteiger charge is 2.20. The fourth-order valence-electron chi connectivity index (χ4n) is 11.0. The molecule has 0 radical (unpaired) electrons. The zero-order valence-corrected chi connectivity index (χ0v) is 51.3. The van der Waals surface area contributed by atoms with E-state index >= 15 is 0 Å². The summed E-state index contributed by atoms with van der Waals surface area (Å²) in [4.78, 5) is 0. The van der Waals surface area contributed by atoms with Gasteiger partial charge in [0.1, 0.15) is 23.3 Å². The molecule has 0 N–H and O–H groups in total. The molecule has 12 aromatic rings. The van der Waals surface area contributed by atoms with E-state index in [1.807, 2.05) is 32.0 Å². The first-order chi connectivity index (χ1) is 45.0. The van der Waals surface area contributed by atoms with Gasteiger partial charge in [0.2, 0.25) is 0 Å². The minimum atomic E-state index is -1.50. The van der Waals surface area contributed by atoms with E-state index in [-0.39, 0.29) is 54.7 Å². The Hall–Kier alpha value is -9.44. The van der Waals surface area contributed by atoms with Gasteiger partial charge >= 0.3 is 0 Å². The van der Waals surface area contributed by atoms with Crippen molar-refractivity contribution in [2.75, 3.05) is 0 Å². The van der Waals surface area contributed by atoms with Gasteiger partial charge in [-0.15, -0.1) is 0 Å². The molecule has 484 valence electrons. The molecule has 16 heteroatoms. The van der Waals surface area contributed by atoms with Crippen molar-refractivity contribution in [3.63, 3.8) is 0 Å². The van der Waals surface area contributed by atoms with Crippen molar-refractivity contribution in [2.45, 2.75) is 91.9 Å². The smallest absolute Gasteiger partial charge is 0.195 e. The van der Waals surface area contributed by atoms with Gasteiger partial charge in [0.25, 0.3) is 0 Å². The van der Waals surface area contributed by atoms with Crippen LogP contribution in [0.1, 0.15) is 88.5 Å². The quantitative estimate of drug-likeness (QED) is 0.0578. The Morgan fingerprint density at radius 1 is 0.213 bits per heavy atom. The largest absolute Gasteiger partial charge is 0.206 e. The molecule has 0 fully saturated rings. The number of hydrogen-bond acceptors (Lipinski definition) is 0. The zero-order valence-electron chi connectivity index (χ0n) is 51.3. The summed E-state index contributed by atoms with van der Waals surface area (Å²) in [6.07, 6.45) is 9.26. The summed E-state index contributed by atoms with van der Waals surface area (Å²) >= 11 is 0. The number of hydrogen-bond donors (Lipinski definition) is 0.